The molecule has 1 unspecified atom stereocenters. The van der Waals surface area contributed by atoms with Crippen LogP contribution in [0.5, 0.6) is 0 Å². The van der Waals surface area contributed by atoms with E-state index in [2.05, 4.69) is 34.6 Å². The first-order valence-electron chi connectivity index (χ1n) is 30.3. The molecule has 0 radical (unpaired) electrons. The third kappa shape index (κ3) is 53.6. The van der Waals surface area contributed by atoms with Gasteiger partial charge in [-0.05, 0) is 31.1 Å². The van der Waals surface area contributed by atoms with Gasteiger partial charge in [-0.15, -0.1) is 0 Å². The Labute approximate surface area is 418 Å². The Morgan fingerprint density at radius 2 is 0.567 bits per heavy atom. The van der Waals surface area contributed by atoms with Gasteiger partial charge in [0.05, 0.1) is 0 Å². The molecule has 0 aliphatic heterocycles. The molecule has 0 aromatic rings. The van der Waals surface area contributed by atoms with Gasteiger partial charge in [-0.2, -0.15) is 0 Å². The lowest BCUT2D eigenvalue weighted by Gasteiger charge is -2.18. The predicted molar refractivity (Wildman–Crippen MR) is 289 cm³/mol. The molecule has 0 saturated heterocycles. The zero-order valence-corrected chi connectivity index (χ0v) is 46.0. The lowest BCUT2D eigenvalue weighted by atomic mass is 9.99. The number of hydrogen-bond donors (Lipinski definition) is 0. The van der Waals surface area contributed by atoms with Crippen LogP contribution in [0.4, 0.5) is 0 Å². The van der Waals surface area contributed by atoms with E-state index in [0.29, 0.717) is 19.3 Å². The number of rotatable bonds is 55. The number of esters is 3. The SMILES string of the molecule is CCCCCCCCCCCCCCCCCCCC(=O)O[C@H](COC(=O)CCCCCCCCCCCCCCCCCC(C)C)COC(=O)CCCCCCCCCCCCC(C)CC. The standard InChI is InChI=1S/C61H118O6/c1-6-8-9-10-11-12-13-14-15-16-19-23-26-33-38-43-48-53-61(64)67-58(55-66-60(63)52-47-42-37-32-28-27-30-35-40-45-50-57(5)7-2)54-65-59(62)51-46-41-36-31-25-22-20-17-18-21-24-29-34-39-44-49-56(3)4/h56-58H,6-55H2,1-5H3/t57?,58-/m1/s1. The molecule has 6 heteroatoms. The largest absolute Gasteiger partial charge is 0.462 e. The van der Waals surface area contributed by atoms with Crippen LogP contribution in [0.25, 0.3) is 0 Å². The molecule has 67 heavy (non-hydrogen) atoms. The quantitative estimate of drug-likeness (QED) is 0.0343. The highest BCUT2D eigenvalue weighted by Gasteiger charge is 2.19. The molecule has 0 aliphatic rings. The van der Waals surface area contributed by atoms with Crippen molar-refractivity contribution in [3.05, 3.63) is 0 Å². The van der Waals surface area contributed by atoms with Gasteiger partial charge >= 0.3 is 17.9 Å². The first-order valence-corrected chi connectivity index (χ1v) is 30.3. The maximum atomic E-state index is 12.9. The Bertz CT molecular complexity index is 1030. The van der Waals surface area contributed by atoms with Gasteiger partial charge in [0.1, 0.15) is 13.2 Å². The van der Waals surface area contributed by atoms with E-state index in [1.165, 1.54) is 231 Å². The van der Waals surface area contributed by atoms with Crippen molar-refractivity contribution < 1.29 is 28.6 Å². The summed E-state index contributed by atoms with van der Waals surface area (Å²) in [6, 6.07) is 0. The smallest absolute Gasteiger partial charge is 0.306 e. The molecule has 0 spiro atoms. The second-order valence-corrected chi connectivity index (χ2v) is 21.7. The van der Waals surface area contributed by atoms with E-state index in [9.17, 15) is 14.4 Å². The van der Waals surface area contributed by atoms with Gasteiger partial charge in [-0.3, -0.25) is 14.4 Å². The van der Waals surface area contributed by atoms with Gasteiger partial charge in [-0.1, -0.05) is 304 Å². The zero-order chi connectivity index (χ0) is 48.9. The average Bonchev–Trinajstić information content (AvgIpc) is 3.31. The van der Waals surface area contributed by atoms with E-state index in [0.717, 1.165) is 69.6 Å². The van der Waals surface area contributed by atoms with Crippen LogP contribution in [0.3, 0.4) is 0 Å². The summed E-state index contributed by atoms with van der Waals surface area (Å²) in [6.45, 7) is 11.5. The van der Waals surface area contributed by atoms with Crippen LogP contribution in [-0.4, -0.2) is 37.2 Å². The van der Waals surface area contributed by atoms with E-state index in [-0.39, 0.29) is 31.1 Å². The van der Waals surface area contributed by atoms with E-state index < -0.39 is 6.10 Å². The number of carbonyl (C=O) groups is 3. The molecule has 0 N–H and O–H groups in total. The zero-order valence-electron chi connectivity index (χ0n) is 46.0. The van der Waals surface area contributed by atoms with E-state index >= 15 is 0 Å². The number of unbranched alkanes of at least 4 members (excludes halogenated alkanes) is 39. The summed E-state index contributed by atoms with van der Waals surface area (Å²) in [4.78, 5) is 38.2. The number of ether oxygens (including phenoxy) is 3. The highest BCUT2D eigenvalue weighted by molar-refractivity contribution is 5.71. The highest BCUT2D eigenvalue weighted by atomic mass is 16.6. The maximum absolute atomic E-state index is 12.9. The summed E-state index contributed by atoms with van der Waals surface area (Å²) in [6.07, 6.45) is 58.0. The maximum Gasteiger partial charge on any atom is 0.306 e. The summed E-state index contributed by atoms with van der Waals surface area (Å²) >= 11 is 0. The van der Waals surface area contributed by atoms with Gasteiger partial charge in [0.2, 0.25) is 0 Å². The average molecular weight is 948 g/mol. The minimum absolute atomic E-state index is 0.0624. The van der Waals surface area contributed by atoms with Crippen LogP contribution in [0.2, 0.25) is 0 Å². The summed E-state index contributed by atoms with van der Waals surface area (Å²) in [7, 11) is 0. The fraction of sp³-hybridized carbons (Fsp3) is 0.951. The van der Waals surface area contributed by atoms with E-state index in [4.69, 9.17) is 14.2 Å². The normalized spacial score (nSPS) is 12.4. The van der Waals surface area contributed by atoms with Crippen LogP contribution in [0.15, 0.2) is 0 Å². The summed E-state index contributed by atoms with van der Waals surface area (Å²) in [5.41, 5.74) is 0. The molecular formula is C61H118O6. The summed E-state index contributed by atoms with van der Waals surface area (Å²) < 4.78 is 16.9. The first kappa shape index (κ1) is 65.4. The molecule has 398 valence electrons. The van der Waals surface area contributed by atoms with Gasteiger partial charge in [0.15, 0.2) is 6.10 Å². The Hall–Kier alpha value is -1.59. The van der Waals surface area contributed by atoms with Gasteiger partial charge in [0, 0.05) is 19.3 Å². The molecule has 0 bridgehead atoms. The topological polar surface area (TPSA) is 78.9 Å². The fourth-order valence-electron chi connectivity index (χ4n) is 9.37. The Balaban J connectivity index is 4.29. The Morgan fingerprint density at radius 3 is 0.851 bits per heavy atom. The van der Waals surface area contributed by atoms with Crippen molar-refractivity contribution in [3.63, 3.8) is 0 Å². The second-order valence-electron chi connectivity index (χ2n) is 21.7. The predicted octanol–water partition coefficient (Wildman–Crippen LogP) is 20.0. The molecule has 0 amide bonds. The molecule has 0 rings (SSSR count). The van der Waals surface area contributed by atoms with Crippen molar-refractivity contribution in [1.29, 1.82) is 0 Å². The molecule has 0 aromatic heterocycles. The fourth-order valence-corrected chi connectivity index (χ4v) is 9.37. The van der Waals surface area contributed by atoms with Crippen LogP contribution in [0, 0.1) is 11.8 Å². The van der Waals surface area contributed by atoms with Gasteiger partial charge in [-0.25, -0.2) is 0 Å². The summed E-state index contributed by atoms with van der Waals surface area (Å²) in [5.74, 6) is 0.883. The van der Waals surface area contributed by atoms with Crippen LogP contribution < -0.4 is 0 Å². The molecule has 0 saturated carbocycles. The van der Waals surface area contributed by atoms with Crippen molar-refractivity contribution in [3.8, 4) is 0 Å². The molecule has 0 aromatic carbocycles. The molecule has 0 fully saturated rings. The minimum Gasteiger partial charge on any atom is -0.462 e. The number of hydrogen-bond acceptors (Lipinski definition) is 6. The van der Waals surface area contributed by atoms with Crippen molar-refractivity contribution in [2.75, 3.05) is 13.2 Å². The molecule has 0 heterocycles. The van der Waals surface area contributed by atoms with E-state index in [1.54, 1.807) is 0 Å². The lowest BCUT2D eigenvalue weighted by molar-refractivity contribution is -0.167. The van der Waals surface area contributed by atoms with Crippen molar-refractivity contribution >= 4 is 17.9 Å². The summed E-state index contributed by atoms with van der Waals surface area (Å²) in [5, 5.41) is 0. The molecule has 0 aliphatic carbocycles. The van der Waals surface area contributed by atoms with Gasteiger partial charge < -0.3 is 14.2 Å². The van der Waals surface area contributed by atoms with E-state index in [1.807, 2.05) is 0 Å². The first-order chi connectivity index (χ1) is 32.8. The van der Waals surface area contributed by atoms with Crippen LogP contribution >= 0.6 is 0 Å². The van der Waals surface area contributed by atoms with Crippen LogP contribution in [0.1, 0.15) is 343 Å². The highest BCUT2D eigenvalue weighted by Crippen LogP contribution is 2.19. The molecule has 2 atom stereocenters. The number of carbonyl (C=O) groups excluding carboxylic acids is 3. The van der Waals surface area contributed by atoms with Crippen molar-refractivity contribution in [2.24, 2.45) is 11.8 Å². The lowest BCUT2D eigenvalue weighted by Crippen LogP contribution is -2.30. The van der Waals surface area contributed by atoms with Crippen LogP contribution in [-0.2, 0) is 28.6 Å². The second kappa shape index (κ2) is 53.8. The molecular weight excluding hydrogens is 829 g/mol. The minimum atomic E-state index is -0.763. The molecule has 6 nitrogen and oxygen atoms in total. The third-order valence-corrected chi connectivity index (χ3v) is 14.3. The third-order valence-electron chi connectivity index (χ3n) is 14.3. The van der Waals surface area contributed by atoms with Gasteiger partial charge in [0.25, 0.3) is 0 Å². The Kier molecular flexibility index (Phi) is 52.5. The van der Waals surface area contributed by atoms with Crippen molar-refractivity contribution in [1.82, 2.24) is 0 Å². The monoisotopic (exact) mass is 947 g/mol. The van der Waals surface area contributed by atoms with Crippen molar-refractivity contribution in [2.45, 2.75) is 349 Å². The Morgan fingerprint density at radius 1 is 0.313 bits per heavy atom.